The van der Waals surface area contributed by atoms with E-state index in [0.717, 1.165) is 26.9 Å². The van der Waals surface area contributed by atoms with Crippen LogP contribution in [-0.2, 0) is 6.42 Å². The van der Waals surface area contributed by atoms with E-state index in [1.165, 1.54) is 0 Å². The van der Waals surface area contributed by atoms with Crippen LogP contribution in [0.5, 0.6) is 0 Å². The molecule has 1 heterocycles. The van der Waals surface area contributed by atoms with Gasteiger partial charge >= 0.3 is 0 Å². The fourth-order valence-corrected chi connectivity index (χ4v) is 2.23. The minimum absolute atomic E-state index is 0.584. The van der Waals surface area contributed by atoms with Crippen molar-refractivity contribution in [2.45, 2.75) is 13.3 Å². The zero-order valence-electron chi connectivity index (χ0n) is 10.2. The summed E-state index contributed by atoms with van der Waals surface area (Å²) in [7, 11) is 0. The zero-order valence-corrected chi connectivity index (χ0v) is 13.4. The van der Waals surface area contributed by atoms with Crippen LogP contribution in [-0.4, -0.2) is 9.97 Å². The second kappa shape index (κ2) is 6.31. The Hall–Kier alpha value is -1.18. The summed E-state index contributed by atoms with van der Waals surface area (Å²) >= 11 is 6.93. The van der Waals surface area contributed by atoms with Crippen molar-refractivity contribution in [1.82, 2.24) is 9.97 Å². The van der Waals surface area contributed by atoms with E-state index in [1.54, 1.807) is 6.07 Å². The van der Waals surface area contributed by atoms with Gasteiger partial charge in [0.2, 0.25) is 0 Å². The Kier molecular flexibility index (Phi) is 4.73. The van der Waals surface area contributed by atoms with Crippen molar-refractivity contribution in [3.63, 3.8) is 0 Å². The van der Waals surface area contributed by atoms with Gasteiger partial charge < -0.3 is 10.7 Å². The molecule has 0 spiro atoms. The Morgan fingerprint density at radius 2 is 1.89 bits per heavy atom. The Bertz CT molecular complexity index is 566. The molecule has 0 unspecified atom stereocenters. The van der Waals surface area contributed by atoms with Gasteiger partial charge in [0.1, 0.15) is 17.5 Å². The molecule has 19 heavy (non-hydrogen) atoms. The first-order valence-corrected chi connectivity index (χ1v) is 7.27. The van der Waals surface area contributed by atoms with Crippen LogP contribution in [0.3, 0.4) is 0 Å². The fourth-order valence-electron chi connectivity index (χ4n) is 1.52. The van der Waals surface area contributed by atoms with E-state index >= 15 is 0 Å². The number of hydrogen-bond acceptors (Lipinski definition) is 5. The van der Waals surface area contributed by atoms with E-state index in [4.69, 9.17) is 5.84 Å². The topological polar surface area (TPSA) is 75.9 Å². The van der Waals surface area contributed by atoms with Crippen LogP contribution in [0.1, 0.15) is 12.7 Å². The van der Waals surface area contributed by atoms with E-state index in [1.807, 2.05) is 25.1 Å². The van der Waals surface area contributed by atoms with E-state index < -0.39 is 0 Å². The number of hydrazine groups is 1. The number of nitrogens with two attached hydrogens (primary N) is 1. The Morgan fingerprint density at radius 1 is 1.16 bits per heavy atom. The van der Waals surface area contributed by atoms with E-state index in [0.29, 0.717) is 11.6 Å². The third-order valence-corrected chi connectivity index (χ3v) is 3.61. The molecule has 0 aliphatic rings. The summed E-state index contributed by atoms with van der Waals surface area (Å²) in [5, 5.41) is 3.24. The first-order chi connectivity index (χ1) is 9.12. The molecular formula is C12H13Br2N5. The van der Waals surface area contributed by atoms with Crippen molar-refractivity contribution in [3.8, 4) is 0 Å². The van der Waals surface area contributed by atoms with Crippen LogP contribution in [0.15, 0.2) is 33.2 Å². The number of aryl methyl sites for hydroxylation is 1. The minimum Gasteiger partial charge on any atom is -0.339 e. The highest BCUT2D eigenvalue weighted by molar-refractivity contribution is 9.11. The van der Waals surface area contributed by atoms with Crippen molar-refractivity contribution >= 4 is 49.2 Å². The monoisotopic (exact) mass is 385 g/mol. The molecule has 0 aliphatic carbocycles. The van der Waals surface area contributed by atoms with Crippen LogP contribution >= 0.6 is 31.9 Å². The Balaban J connectivity index is 2.34. The lowest BCUT2D eigenvalue weighted by Crippen LogP contribution is -2.11. The molecule has 0 aliphatic heterocycles. The van der Waals surface area contributed by atoms with Crippen molar-refractivity contribution < 1.29 is 0 Å². The summed E-state index contributed by atoms with van der Waals surface area (Å²) in [5.41, 5.74) is 3.46. The van der Waals surface area contributed by atoms with E-state index in [-0.39, 0.29) is 0 Å². The van der Waals surface area contributed by atoms with Gasteiger partial charge in [-0.05, 0) is 34.1 Å². The second-order valence-corrected chi connectivity index (χ2v) is 5.57. The van der Waals surface area contributed by atoms with Crippen LogP contribution in [0.4, 0.5) is 17.3 Å². The number of rotatable bonds is 4. The summed E-state index contributed by atoms with van der Waals surface area (Å²) in [6.45, 7) is 1.99. The van der Waals surface area contributed by atoms with Gasteiger partial charge in [0.15, 0.2) is 0 Å². The lowest BCUT2D eigenvalue weighted by Gasteiger charge is -2.10. The predicted molar refractivity (Wildman–Crippen MR) is 84.3 cm³/mol. The van der Waals surface area contributed by atoms with Gasteiger partial charge in [0.05, 0.1) is 5.69 Å². The molecule has 0 radical (unpaired) electrons. The minimum atomic E-state index is 0.584. The second-order valence-electron chi connectivity index (χ2n) is 3.80. The summed E-state index contributed by atoms with van der Waals surface area (Å²) in [6.07, 6.45) is 0.740. The molecule has 1 aromatic carbocycles. The highest BCUT2D eigenvalue weighted by atomic mass is 79.9. The molecular weight excluding hydrogens is 374 g/mol. The SMILES string of the molecule is CCc1nc(NN)cc(Nc2cc(Br)ccc2Br)n1. The van der Waals surface area contributed by atoms with Gasteiger partial charge in [0, 0.05) is 21.4 Å². The molecule has 2 rings (SSSR count). The molecule has 0 amide bonds. The maximum Gasteiger partial charge on any atom is 0.145 e. The number of halogens is 2. The molecule has 7 heteroatoms. The highest BCUT2D eigenvalue weighted by Gasteiger charge is 2.06. The molecule has 5 nitrogen and oxygen atoms in total. The lowest BCUT2D eigenvalue weighted by atomic mass is 10.3. The van der Waals surface area contributed by atoms with Gasteiger partial charge in [0.25, 0.3) is 0 Å². The van der Waals surface area contributed by atoms with Gasteiger partial charge in [-0.1, -0.05) is 22.9 Å². The summed E-state index contributed by atoms with van der Waals surface area (Å²) in [4.78, 5) is 8.66. The molecule has 0 atom stereocenters. The van der Waals surface area contributed by atoms with E-state index in [9.17, 15) is 0 Å². The molecule has 0 bridgehead atoms. The molecule has 2 aromatic rings. The van der Waals surface area contributed by atoms with Gasteiger partial charge in [-0.25, -0.2) is 15.8 Å². The molecule has 100 valence electrons. The lowest BCUT2D eigenvalue weighted by molar-refractivity contribution is 0.941. The Labute approximate surface area is 128 Å². The maximum atomic E-state index is 5.40. The van der Waals surface area contributed by atoms with Crippen LogP contribution in [0, 0.1) is 0 Å². The number of nitrogen functional groups attached to an aromatic ring is 1. The number of aromatic nitrogens is 2. The molecule has 0 saturated heterocycles. The molecule has 0 saturated carbocycles. The molecule has 1 aromatic heterocycles. The predicted octanol–water partition coefficient (Wildman–Crippen LogP) is 3.59. The summed E-state index contributed by atoms with van der Waals surface area (Å²) in [5.74, 6) is 7.41. The highest BCUT2D eigenvalue weighted by Crippen LogP contribution is 2.28. The number of nitrogens with one attached hydrogen (secondary N) is 2. The number of nitrogens with zero attached hydrogens (tertiary/aromatic N) is 2. The van der Waals surface area contributed by atoms with Crippen molar-refractivity contribution in [2.75, 3.05) is 10.7 Å². The first kappa shape index (κ1) is 14.2. The molecule has 4 N–H and O–H groups in total. The first-order valence-electron chi connectivity index (χ1n) is 5.69. The standard InChI is InChI=1S/C12H13Br2N5/c1-2-10-17-11(6-12(18-10)19-15)16-9-5-7(13)3-4-8(9)14/h3-6H,2,15H2,1H3,(H2,16,17,18,19). The van der Waals surface area contributed by atoms with Gasteiger partial charge in [-0.15, -0.1) is 0 Å². The zero-order chi connectivity index (χ0) is 13.8. The third-order valence-electron chi connectivity index (χ3n) is 2.43. The smallest absolute Gasteiger partial charge is 0.145 e. The summed E-state index contributed by atoms with van der Waals surface area (Å²) in [6, 6.07) is 7.63. The van der Waals surface area contributed by atoms with Crippen molar-refractivity contribution in [2.24, 2.45) is 5.84 Å². The van der Waals surface area contributed by atoms with Gasteiger partial charge in [-0.2, -0.15) is 0 Å². The van der Waals surface area contributed by atoms with E-state index in [2.05, 4.69) is 52.6 Å². The largest absolute Gasteiger partial charge is 0.339 e. The van der Waals surface area contributed by atoms with Gasteiger partial charge in [-0.3, -0.25) is 0 Å². The molecule has 0 fully saturated rings. The van der Waals surface area contributed by atoms with Crippen molar-refractivity contribution in [1.29, 1.82) is 0 Å². The van der Waals surface area contributed by atoms with Crippen LogP contribution in [0.25, 0.3) is 0 Å². The average molecular weight is 387 g/mol. The van der Waals surface area contributed by atoms with Crippen LogP contribution < -0.4 is 16.6 Å². The Morgan fingerprint density at radius 3 is 2.58 bits per heavy atom. The number of hydrogen-bond donors (Lipinski definition) is 3. The normalized spacial score (nSPS) is 10.3. The van der Waals surface area contributed by atoms with Crippen molar-refractivity contribution in [3.05, 3.63) is 39.0 Å². The average Bonchev–Trinajstić information content (AvgIpc) is 2.42. The summed E-state index contributed by atoms with van der Waals surface area (Å²) < 4.78 is 1.94. The third kappa shape index (κ3) is 3.65. The number of benzene rings is 1. The fraction of sp³-hybridized carbons (Fsp3) is 0.167. The van der Waals surface area contributed by atoms with Crippen LogP contribution in [0.2, 0.25) is 0 Å². The maximum absolute atomic E-state index is 5.40. The quantitative estimate of drug-likeness (QED) is 0.552. The number of anilines is 3.